The van der Waals surface area contributed by atoms with Crippen LogP contribution >= 0.6 is 0 Å². The molecular weight excluding hydrogens is 432 g/mol. The van der Waals surface area contributed by atoms with Gasteiger partial charge >= 0.3 is 0 Å². The van der Waals surface area contributed by atoms with Crippen LogP contribution in [0.3, 0.4) is 0 Å². The summed E-state index contributed by atoms with van der Waals surface area (Å²) in [6, 6.07) is 17.9. The molecule has 0 atom stereocenters. The van der Waals surface area contributed by atoms with Crippen LogP contribution in [0.2, 0.25) is 0 Å². The van der Waals surface area contributed by atoms with E-state index in [0.29, 0.717) is 0 Å². The van der Waals surface area contributed by atoms with Gasteiger partial charge in [-0.05, 0) is 53.6 Å². The third-order valence-corrected chi connectivity index (χ3v) is 5.30. The summed E-state index contributed by atoms with van der Waals surface area (Å²) in [5, 5.41) is 23.3. The van der Waals surface area contributed by atoms with Gasteiger partial charge in [-0.1, -0.05) is 36.4 Å². The van der Waals surface area contributed by atoms with Crippen molar-refractivity contribution in [2.24, 2.45) is 0 Å². The highest BCUT2D eigenvalue weighted by molar-refractivity contribution is 5.82. The maximum absolute atomic E-state index is 11.6. The Labute approximate surface area is 198 Å². The fraction of sp³-hybridized carbons (Fsp3) is 0.154. The molecule has 0 saturated carbocycles. The summed E-state index contributed by atoms with van der Waals surface area (Å²) in [5.41, 5.74) is 3.71. The first-order chi connectivity index (χ1) is 16.2. The fourth-order valence-electron chi connectivity index (χ4n) is 3.33. The van der Waals surface area contributed by atoms with Gasteiger partial charge in [0, 0.05) is 39.6 Å². The number of hydrogen-bond acceptors (Lipinski definition) is 6. The maximum atomic E-state index is 11.6. The first-order valence-electron chi connectivity index (χ1n) is 10.5. The van der Waals surface area contributed by atoms with E-state index >= 15 is 0 Å². The molecule has 0 fully saturated rings. The monoisotopic (exact) mass is 458 g/mol. The molecule has 3 rings (SSSR count). The van der Waals surface area contributed by atoms with Crippen LogP contribution < -0.4 is 9.80 Å². The number of benzene rings is 3. The van der Waals surface area contributed by atoms with Crippen molar-refractivity contribution in [3.05, 3.63) is 103 Å². The third kappa shape index (κ3) is 5.86. The van der Waals surface area contributed by atoms with Gasteiger partial charge in [-0.2, -0.15) is 0 Å². The number of nitrogens with zero attached hydrogens (tertiary/aromatic N) is 4. The van der Waals surface area contributed by atoms with Crippen LogP contribution in [0.15, 0.2) is 60.7 Å². The first kappa shape index (κ1) is 24.2. The Balaban J connectivity index is 1.99. The van der Waals surface area contributed by atoms with Gasteiger partial charge in [0.25, 0.3) is 11.4 Å². The Morgan fingerprint density at radius 1 is 0.588 bits per heavy atom. The molecule has 0 saturated heterocycles. The average molecular weight is 459 g/mol. The highest BCUT2D eigenvalue weighted by Crippen LogP contribution is 2.32. The summed E-state index contributed by atoms with van der Waals surface area (Å²) in [4.78, 5) is 26.0. The van der Waals surface area contributed by atoms with Crippen molar-refractivity contribution in [2.75, 3.05) is 38.0 Å². The topological polar surface area (TPSA) is 92.8 Å². The third-order valence-electron chi connectivity index (χ3n) is 5.30. The highest BCUT2D eigenvalue weighted by Gasteiger charge is 2.22. The molecule has 34 heavy (non-hydrogen) atoms. The number of nitro benzene ring substituents is 2. The summed E-state index contributed by atoms with van der Waals surface area (Å²) in [6.45, 7) is 0. The second kappa shape index (κ2) is 10.4. The predicted octanol–water partition coefficient (Wildman–Crippen LogP) is 5.98. The normalized spacial score (nSPS) is 11.2. The summed E-state index contributed by atoms with van der Waals surface area (Å²) < 4.78 is 0. The van der Waals surface area contributed by atoms with Crippen molar-refractivity contribution in [3.8, 4) is 0 Å². The molecule has 0 aromatic heterocycles. The highest BCUT2D eigenvalue weighted by atomic mass is 16.6. The van der Waals surface area contributed by atoms with Crippen LogP contribution in [0.5, 0.6) is 0 Å². The quantitative estimate of drug-likeness (QED) is 0.234. The van der Waals surface area contributed by atoms with E-state index in [1.165, 1.54) is 6.07 Å². The molecule has 8 heteroatoms. The van der Waals surface area contributed by atoms with Gasteiger partial charge in [-0.25, -0.2) is 0 Å². The van der Waals surface area contributed by atoms with E-state index in [4.69, 9.17) is 0 Å². The molecule has 0 heterocycles. The van der Waals surface area contributed by atoms with Crippen LogP contribution in [0, 0.1) is 20.2 Å². The van der Waals surface area contributed by atoms with Crippen molar-refractivity contribution >= 4 is 47.1 Å². The minimum Gasteiger partial charge on any atom is -0.378 e. The SMILES string of the molecule is CN(C)c1ccc(/C=C/c2cc(/C=C/c3ccc(N(C)C)cc3)c([N+](=O)[O-])cc2[N+](=O)[O-])cc1. The fourth-order valence-corrected chi connectivity index (χ4v) is 3.33. The molecule has 174 valence electrons. The molecule has 0 spiro atoms. The van der Waals surface area contributed by atoms with Gasteiger partial charge in [0.1, 0.15) is 0 Å². The zero-order valence-electron chi connectivity index (χ0n) is 19.5. The molecule has 0 aliphatic rings. The lowest BCUT2D eigenvalue weighted by molar-refractivity contribution is -0.394. The van der Waals surface area contributed by atoms with Gasteiger partial charge in [0.2, 0.25) is 0 Å². The van der Waals surface area contributed by atoms with Crippen molar-refractivity contribution in [3.63, 3.8) is 0 Å². The van der Waals surface area contributed by atoms with Crippen molar-refractivity contribution in [2.45, 2.75) is 0 Å². The van der Waals surface area contributed by atoms with Crippen LogP contribution in [0.25, 0.3) is 24.3 Å². The second-order valence-corrected chi connectivity index (χ2v) is 8.12. The Morgan fingerprint density at radius 2 is 0.941 bits per heavy atom. The summed E-state index contributed by atoms with van der Waals surface area (Å²) in [5.74, 6) is 0. The van der Waals surface area contributed by atoms with Crippen molar-refractivity contribution < 1.29 is 9.85 Å². The minimum absolute atomic E-state index is 0.287. The number of rotatable bonds is 8. The lowest BCUT2D eigenvalue weighted by atomic mass is 10.0. The molecule has 0 N–H and O–H groups in total. The molecule has 0 amide bonds. The van der Waals surface area contributed by atoms with Crippen LogP contribution in [0.1, 0.15) is 22.3 Å². The minimum atomic E-state index is -0.602. The van der Waals surface area contributed by atoms with Crippen molar-refractivity contribution in [1.82, 2.24) is 0 Å². The van der Waals surface area contributed by atoms with E-state index in [9.17, 15) is 20.2 Å². The molecular formula is C26H26N4O4. The molecule has 0 unspecified atom stereocenters. The Kier molecular flexibility index (Phi) is 7.43. The molecule has 8 nitrogen and oxygen atoms in total. The van der Waals surface area contributed by atoms with Gasteiger partial charge in [-0.3, -0.25) is 20.2 Å². The summed E-state index contributed by atoms with van der Waals surface area (Å²) >= 11 is 0. The van der Waals surface area contributed by atoms with E-state index in [0.717, 1.165) is 28.6 Å². The molecule has 3 aromatic rings. The number of hydrogen-bond donors (Lipinski definition) is 0. The van der Waals surface area contributed by atoms with Gasteiger partial charge < -0.3 is 9.80 Å². The Morgan fingerprint density at radius 3 is 1.24 bits per heavy atom. The zero-order chi connectivity index (χ0) is 24.8. The zero-order valence-corrected chi connectivity index (χ0v) is 19.5. The Bertz CT molecular complexity index is 1150. The first-order valence-corrected chi connectivity index (χ1v) is 10.5. The summed E-state index contributed by atoms with van der Waals surface area (Å²) in [6.07, 6.45) is 6.72. The van der Waals surface area contributed by atoms with Gasteiger partial charge in [0.15, 0.2) is 0 Å². The van der Waals surface area contributed by atoms with E-state index in [1.807, 2.05) is 86.5 Å². The lowest BCUT2D eigenvalue weighted by Crippen LogP contribution is -2.07. The van der Waals surface area contributed by atoms with E-state index in [-0.39, 0.29) is 22.5 Å². The van der Waals surface area contributed by atoms with Crippen molar-refractivity contribution in [1.29, 1.82) is 0 Å². The average Bonchev–Trinajstić information content (AvgIpc) is 2.81. The van der Waals surface area contributed by atoms with Crippen LogP contribution in [0.4, 0.5) is 22.7 Å². The predicted molar refractivity (Wildman–Crippen MR) is 139 cm³/mol. The number of nitro groups is 2. The smallest absolute Gasteiger partial charge is 0.283 e. The standard InChI is InChI=1S/C26H26N4O4/c1-27(2)23-13-7-19(8-14-23)5-11-21-17-22(26(30(33)34)18-25(21)29(31)32)12-6-20-9-15-24(16-10-20)28(3)4/h5-18H,1-4H3/b11-5+,12-6+. The second-order valence-electron chi connectivity index (χ2n) is 8.12. The molecule has 3 aromatic carbocycles. The van der Waals surface area contributed by atoms with E-state index in [1.54, 1.807) is 24.3 Å². The largest absolute Gasteiger partial charge is 0.378 e. The lowest BCUT2D eigenvalue weighted by Gasteiger charge is -2.11. The van der Waals surface area contributed by atoms with Crippen LogP contribution in [-0.4, -0.2) is 38.0 Å². The van der Waals surface area contributed by atoms with E-state index in [2.05, 4.69) is 0 Å². The van der Waals surface area contributed by atoms with Gasteiger partial charge in [0.05, 0.1) is 27.0 Å². The molecule has 0 radical (unpaired) electrons. The number of anilines is 2. The molecule has 0 aliphatic heterocycles. The maximum Gasteiger partial charge on any atom is 0.283 e. The Hall–Kier alpha value is -4.46. The molecule has 0 bridgehead atoms. The summed E-state index contributed by atoms with van der Waals surface area (Å²) in [7, 11) is 7.76. The van der Waals surface area contributed by atoms with Crippen LogP contribution in [-0.2, 0) is 0 Å². The molecule has 0 aliphatic carbocycles. The van der Waals surface area contributed by atoms with E-state index < -0.39 is 9.85 Å². The van der Waals surface area contributed by atoms with Gasteiger partial charge in [-0.15, -0.1) is 0 Å².